The van der Waals surface area contributed by atoms with E-state index in [1.54, 1.807) is 7.11 Å². The maximum atomic E-state index is 5.61. The molecule has 0 spiro atoms. The molecule has 1 aliphatic heterocycles. The average Bonchev–Trinajstić information content (AvgIpc) is 2.10. The molecule has 54 valence electrons. The highest BCUT2D eigenvalue weighted by molar-refractivity contribution is 6.71. The molecule has 2 nitrogen and oxygen atoms in total. The molecule has 0 aromatic heterocycles. The first-order valence-electron chi connectivity index (χ1n) is 3.35. The zero-order chi connectivity index (χ0) is 6.91. The fourth-order valence-corrected chi connectivity index (χ4v) is 3.08. The van der Waals surface area contributed by atoms with E-state index in [0.717, 1.165) is 6.42 Å². The number of hydrogen-bond donors (Lipinski definition) is 0. The van der Waals surface area contributed by atoms with Crippen molar-refractivity contribution in [2.75, 3.05) is 7.11 Å². The topological polar surface area (TPSA) is 18.5 Å². The minimum Gasteiger partial charge on any atom is -0.393 e. The van der Waals surface area contributed by atoms with Crippen molar-refractivity contribution < 1.29 is 9.16 Å². The Bertz CT molecular complexity index is 103. The first kappa shape index (κ1) is 7.25. The molecule has 1 fully saturated rings. The lowest BCUT2D eigenvalue weighted by atomic mass is 10.5. The fourth-order valence-electron chi connectivity index (χ4n) is 1.11. The van der Waals surface area contributed by atoms with Gasteiger partial charge in [-0.05, 0) is 25.6 Å². The molecule has 1 aliphatic rings. The lowest BCUT2D eigenvalue weighted by Crippen LogP contribution is -2.26. The molecule has 1 rings (SSSR count). The average molecular weight is 146 g/mol. The Morgan fingerprint density at radius 3 is 2.44 bits per heavy atom. The zero-order valence-electron chi connectivity index (χ0n) is 6.31. The third-order valence-electron chi connectivity index (χ3n) is 1.70. The van der Waals surface area contributed by atoms with E-state index in [9.17, 15) is 0 Å². The third kappa shape index (κ3) is 1.78. The van der Waals surface area contributed by atoms with Gasteiger partial charge in [-0.25, -0.2) is 0 Å². The Morgan fingerprint density at radius 2 is 2.22 bits per heavy atom. The third-order valence-corrected chi connectivity index (χ3v) is 4.09. The summed E-state index contributed by atoms with van der Waals surface area (Å²) < 4.78 is 10.7. The second-order valence-corrected chi connectivity index (χ2v) is 7.34. The van der Waals surface area contributed by atoms with Gasteiger partial charge in [-0.2, -0.15) is 0 Å². The van der Waals surface area contributed by atoms with Crippen LogP contribution in [0.5, 0.6) is 0 Å². The van der Waals surface area contributed by atoms with E-state index in [1.165, 1.54) is 6.04 Å². The highest BCUT2D eigenvalue weighted by Crippen LogP contribution is 2.26. The Labute approximate surface area is 57.3 Å². The van der Waals surface area contributed by atoms with Crippen LogP contribution in [0.1, 0.15) is 6.42 Å². The van der Waals surface area contributed by atoms with E-state index < -0.39 is 8.32 Å². The molecule has 1 saturated heterocycles. The Balaban J connectivity index is 2.38. The molecule has 1 heterocycles. The smallest absolute Gasteiger partial charge is 0.190 e. The van der Waals surface area contributed by atoms with Gasteiger partial charge in [0.2, 0.25) is 0 Å². The van der Waals surface area contributed by atoms with Crippen molar-refractivity contribution in [1.82, 2.24) is 0 Å². The van der Waals surface area contributed by atoms with Crippen LogP contribution in [0.15, 0.2) is 0 Å². The van der Waals surface area contributed by atoms with E-state index in [4.69, 9.17) is 9.16 Å². The lowest BCUT2D eigenvalue weighted by Gasteiger charge is -2.15. The van der Waals surface area contributed by atoms with Crippen molar-refractivity contribution in [3.63, 3.8) is 0 Å². The summed E-state index contributed by atoms with van der Waals surface area (Å²) in [4.78, 5) is 0. The normalized spacial score (nSPS) is 33.0. The van der Waals surface area contributed by atoms with Gasteiger partial charge in [0, 0.05) is 7.11 Å². The number of ether oxygens (including phenoxy) is 1. The Morgan fingerprint density at radius 1 is 1.56 bits per heavy atom. The molecule has 0 radical (unpaired) electrons. The fraction of sp³-hybridized carbons (Fsp3) is 1.00. The molecule has 0 amide bonds. The zero-order valence-corrected chi connectivity index (χ0v) is 7.31. The van der Waals surface area contributed by atoms with Crippen LogP contribution in [0.25, 0.3) is 0 Å². The maximum absolute atomic E-state index is 5.61. The summed E-state index contributed by atoms with van der Waals surface area (Å²) in [5.74, 6) is 0. The van der Waals surface area contributed by atoms with Gasteiger partial charge >= 0.3 is 0 Å². The van der Waals surface area contributed by atoms with Crippen molar-refractivity contribution in [1.29, 1.82) is 0 Å². The molecule has 0 aromatic rings. The van der Waals surface area contributed by atoms with E-state index in [1.807, 2.05) is 0 Å². The van der Waals surface area contributed by atoms with Gasteiger partial charge in [0.25, 0.3) is 0 Å². The van der Waals surface area contributed by atoms with Crippen LogP contribution >= 0.6 is 0 Å². The lowest BCUT2D eigenvalue weighted by molar-refractivity contribution is -0.0436. The summed E-state index contributed by atoms with van der Waals surface area (Å²) in [6.45, 7) is 4.46. The minimum atomic E-state index is -1.25. The Kier molecular flexibility index (Phi) is 1.93. The molecule has 0 bridgehead atoms. The minimum absolute atomic E-state index is 0.103. The van der Waals surface area contributed by atoms with Crippen molar-refractivity contribution in [3.8, 4) is 0 Å². The van der Waals surface area contributed by atoms with Crippen molar-refractivity contribution >= 4 is 8.32 Å². The van der Waals surface area contributed by atoms with Crippen LogP contribution in [-0.4, -0.2) is 21.7 Å². The number of methoxy groups -OCH3 is 1. The van der Waals surface area contributed by atoms with Crippen LogP contribution in [0, 0.1) is 0 Å². The highest BCUT2D eigenvalue weighted by Gasteiger charge is 2.33. The predicted octanol–water partition coefficient (Wildman–Crippen LogP) is 1.58. The van der Waals surface area contributed by atoms with E-state index >= 15 is 0 Å². The summed E-state index contributed by atoms with van der Waals surface area (Å²) in [5, 5.41) is 0. The molecule has 9 heavy (non-hydrogen) atoms. The number of rotatable bonds is 1. The van der Waals surface area contributed by atoms with Gasteiger partial charge in [-0.15, -0.1) is 0 Å². The first-order chi connectivity index (χ1) is 4.14. The molecule has 0 aromatic carbocycles. The monoisotopic (exact) mass is 146 g/mol. The largest absolute Gasteiger partial charge is 0.393 e. The van der Waals surface area contributed by atoms with Crippen LogP contribution < -0.4 is 0 Å². The quantitative estimate of drug-likeness (QED) is 0.523. The van der Waals surface area contributed by atoms with Gasteiger partial charge in [-0.1, -0.05) is 0 Å². The first-order valence-corrected chi connectivity index (χ1v) is 6.46. The second-order valence-electron chi connectivity index (χ2n) is 3.08. The molecule has 0 saturated carbocycles. The van der Waals surface area contributed by atoms with Crippen molar-refractivity contribution in [2.45, 2.75) is 31.8 Å². The van der Waals surface area contributed by atoms with Crippen LogP contribution in [0.4, 0.5) is 0 Å². The SMILES string of the molecule is COC1CC[Si](C)(C)O1. The predicted molar refractivity (Wildman–Crippen MR) is 38.8 cm³/mol. The van der Waals surface area contributed by atoms with Gasteiger partial charge in [0.1, 0.15) is 6.29 Å². The second kappa shape index (κ2) is 2.40. The van der Waals surface area contributed by atoms with E-state index in [0.29, 0.717) is 0 Å². The van der Waals surface area contributed by atoms with Gasteiger partial charge in [0.15, 0.2) is 8.32 Å². The van der Waals surface area contributed by atoms with Crippen LogP contribution in [0.3, 0.4) is 0 Å². The molecule has 1 atom stereocenters. The Hall–Kier alpha value is 0.137. The molecular weight excluding hydrogens is 132 g/mol. The van der Waals surface area contributed by atoms with Gasteiger partial charge < -0.3 is 9.16 Å². The van der Waals surface area contributed by atoms with Crippen LogP contribution in [-0.2, 0) is 9.16 Å². The van der Waals surface area contributed by atoms with E-state index in [-0.39, 0.29) is 6.29 Å². The summed E-state index contributed by atoms with van der Waals surface area (Å²) in [6, 6.07) is 1.24. The van der Waals surface area contributed by atoms with Crippen LogP contribution in [0.2, 0.25) is 19.1 Å². The molecule has 3 heteroatoms. The molecule has 0 aliphatic carbocycles. The van der Waals surface area contributed by atoms with Gasteiger partial charge in [0.05, 0.1) is 0 Å². The van der Waals surface area contributed by atoms with Gasteiger partial charge in [-0.3, -0.25) is 0 Å². The standard InChI is InChI=1S/C6H14O2Si/c1-7-6-4-5-9(2,3)8-6/h6H,4-5H2,1-3H3. The summed E-state index contributed by atoms with van der Waals surface area (Å²) in [5.41, 5.74) is 0. The highest BCUT2D eigenvalue weighted by atomic mass is 28.4. The molecule has 1 unspecified atom stereocenters. The van der Waals surface area contributed by atoms with Crippen molar-refractivity contribution in [2.24, 2.45) is 0 Å². The maximum Gasteiger partial charge on any atom is 0.190 e. The molecular formula is C6H14O2Si. The van der Waals surface area contributed by atoms with E-state index in [2.05, 4.69) is 13.1 Å². The summed E-state index contributed by atoms with van der Waals surface area (Å²) in [6.07, 6.45) is 1.20. The molecule has 0 N–H and O–H groups in total. The van der Waals surface area contributed by atoms with Crippen molar-refractivity contribution in [3.05, 3.63) is 0 Å². The summed E-state index contributed by atoms with van der Waals surface area (Å²) >= 11 is 0. The number of hydrogen-bond acceptors (Lipinski definition) is 2. The summed E-state index contributed by atoms with van der Waals surface area (Å²) in [7, 11) is 0.460.